The van der Waals surface area contributed by atoms with Crippen molar-refractivity contribution in [1.29, 1.82) is 4.78 Å². The lowest BCUT2D eigenvalue weighted by Gasteiger charge is -2.22. The van der Waals surface area contributed by atoms with Gasteiger partial charge in [-0.2, -0.15) is 13.2 Å². The number of rotatable bonds is 10. The Labute approximate surface area is 183 Å². The fraction of sp³-hybridized carbons (Fsp3) is 0.333. The van der Waals surface area contributed by atoms with Gasteiger partial charge in [-0.25, -0.2) is 4.21 Å². The third-order valence-electron chi connectivity index (χ3n) is 5.00. The molecule has 0 aliphatic heterocycles. The van der Waals surface area contributed by atoms with Crippen LogP contribution in [0.1, 0.15) is 34.7 Å². The van der Waals surface area contributed by atoms with E-state index in [1.165, 1.54) is 36.4 Å². The van der Waals surface area contributed by atoms with Gasteiger partial charge in [0, 0.05) is 26.8 Å². The lowest BCUT2D eigenvalue weighted by Crippen LogP contribution is -2.32. The molecule has 3 atom stereocenters. The van der Waals surface area contributed by atoms with E-state index < -0.39 is 51.9 Å². The van der Waals surface area contributed by atoms with E-state index in [1.54, 1.807) is 12.1 Å². The van der Waals surface area contributed by atoms with Crippen LogP contribution in [0.5, 0.6) is 0 Å². The highest BCUT2D eigenvalue weighted by molar-refractivity contribution is 7.92. The number of halogens is 3. The highest BCUT2D eigenvalue weighted by Crippen LogP contribution is 2.38. The summed E-state index contributed by atoms with van der Waals surface area (Å²) in [5.41, 5.74) is 12.0. The van der Waals surface area contributed by atoms with E-state index in [2.05, 4.69) is 0 Å². The first-order valence-electron chi connectivity index (χ1n) is 9.59. The molecule has 0 saturated heterocycles. The normalized spacial score (nSPS) is 15.5. The topological polar surface area (TPSA) is 147 Å². The Bertz CT molecular complexity index is 1070. The summed E-state index contributed by atoms with van der Waals surface area (Å²) in [7, 11) is -3.42. The summed E-state index contributed by atoms with van der Waals surface area (Å²) < 4.78 is 61.1. The van der Waals surface area contributed by atoms with Crippen molar-refractivity contribution in [3.63, 3.8) is 0 Å². The van der Waals surface area contributed by atoms with Gasteiger partial charge in [-0.15, -0.1) is 0 Å². The first kappa shape index (κ1) is 25.3. The van der Waals surface area contributed by atoms with Gasteiger partial charge in [0.2, 0.25) is 5.91 Å². The second-order valence-corrected chi connectivity index (χ2v) is 9.84. The van der Waals surface area contributed by atoms with Gasteiger partial charge in [0.05, 0.1) is 5.92 Å². The van der Waals surface area contributed by atoms with Crippen LogP contribution in [0, 0.1) is 4.78 Å². The molecule has 2 aromatic rings. The number of hydrogen-bond donors (Lipinski definition) is 4. The minimum Gasteiger partial charge on any atom is -0.480 e. The summed E-state index contributed by atoms with van der Waals surface area (Å²) in [6, 6.07) is 10.6. The largest absolute Gasteiger partial charge is 0.480 e. The van der Waals surface area contributed by atoms with Gasteiger partial charge < -0.3 is 16.6 Å². The molecule has 0 radical (unpaired) electrons. The van der Waals surface area contributed by atoms with Gasteiger partial charge in [0.1, 0.15) is 6.04 Å². The average Bonchev–Trinajstić information content (AvgIpc) is 2.71. The second-order valence-electron chi connectivity index (χ2n) is 7.40. The molecule has 1 amide bonds. The number of benzene rings is 2. The Hall–Kier alpha value is -2.92. The number of alkyl halides is 3. The molecule has 0 spiro atoms. The highest BCUT2D eigenvalue weighted by atomic mass is 32.2. The predicted molar refractivity (Wildman–Crippen MR) is 115 cm³/mol. The minimum atomic E-state index is -4.62. The third kappa shape index (κ3) is 7.06. The van der Waals surface area contributed by atoms with Crippen molar-refractivity contribution in [3.05, 3.63) is 59.7 Å². The van der Waals surface area contributed by atoms with E-state index in [-0.39, 0.29) is 23.3 Å². The summed E-state index contributed by atoms with van der Waals surface area (Å²) >= 11 is 0. The van der Waals surface area contributed by atoms with Crippen LogP contribution in [0.4, 0.5) is 13.2 Å². The van der Waals surface area contributed by atoms with Gasteiger partial charge in [-0.05, 0) is 41.7 Å². The molecule has 7 nitrogen and oxygen atoms in total. The molecule has 0 aliphatic rings. The number of primary amides is 1. The van der Waals surface area contributed by atoms with Crippen LogP contribution >= 0.6 is 0 Å². The smallest absolute Gasteiger partial charge is 0.395 e. The molecule has 0 heterocycles. The fourth-order valence-corrected chi connectivity index (χ4v) is 4.59. The highest BCUT2D eigenvalue weighted by Gasteiger charge is 2.40. The van der Waals surface area contributed by atoms with Crippen LogP contribution in [-0.4, -0.2) is 44.9 Å². The Morgan fingerprint density at radius 3 is 2.16 bits per heavy atom. The van der Waals surface area contributed by atoms with E-state index in [0.717, 1.165) is 0 Å². The van der Waals surface area contributed by atoms with Gasteiger partial charge in [0.25, 0.3) is 0 Å². The SMILES string of the molecule is N=S(=O)(CCC(c1ccc(-c2cccc(C(N)=O)c2)cc1)C(F)(F)F)CC[C@H](N)C(=O)O. The lowest BCUT2D eigenvalue weighted by molar-refractivity contribution is -0.150. The van der Waals surface area contributed by atoms with E-state index in [4.69, 9.17) is 21.4 Å². The van der Waals surface area contributed by atoms with Crippen molar-refractivity contribution < 1.29 is 32.1 Å². The molecule has 0 fully saturated rings. The number of amides is 1. The maximum atomic E-state index is 13.7. The molecule has 0 bridgehead atoms. The van der Waals surface area contributed by atoms with E-state index >= 15 is 0 Å². The Morgan fingerprint density at radius 1 is 1.03 bits per heavy atom. The summed E-state index contributed by atoms with van der Waals surface area (Å²) in [6.45, 7) is 0. The molecule has 11 heteroatoms. The number of carbonyl (C=O) groups is 2. The number of carboxylic acids is 1. The number of nitrogens with two attached hydrogens (primary N) is 2. The molecular formula is C21H24F3N3O4S. The van der Waals surface area contributed by atoms with Gasteiger partial charge >= 0.3 is 12.1 Å². The summed E-state index contributed by atoms with van der Waals surface area (Å²) in [6.07, 6.45) is -5.46. The van der Waals surface area contributed by atoms with Crippen LogP contribution < -0.4 is 11.5 Å². The number of carboxylic acid groups (broad SMARTS) is 1. The molecule has 32 heavy (non-hydrogen) atoms. The molecule has 2 rings (SSSR count). The zero-order chi connectivity index (χ0) is 24.1. The van der Waals surface area contributed by atoms with Crippen LogP contribution in [0.15, 0.2) is 48.5 Å². The van der Waals surface area contributed by atoms with Crippen molar-refractivity contribution in [1.82, 2.24) is 0 Å². The van der Waals surface area contributed by atoms with Gasteiger partial charge in [0.15, 0.2) is 0 Å². The fourth-order valence-electron chi connectivity index (χ4n) is 3.13. The third-order valence-corrected chi connectivity index (χ3v) is 6.79. The monoisotopic (exact) mass is 471 g/mol. The van der Waals surface area contributed by atoms with Crippen LogP contribution in [0.3, 0.4) is 0 Å². The molecule has 6 N–H and O–H groups in total. The first-order valence-corrected chi connectivity index (χ1v) is 11.5. The molecule has 0 aromatic heterocycles. The Kier molecular flexibility index (Phi) is 8.02. The number of nitrogens with one attached hydrogen (secondary N) is 1. The maximum Gasteiger partial charge on any atom is 0.395 e. The Balaban J connectivity index is 2.17. The number of aliphatic carboxylic acids is 1. The summed E-state index contributed by atoms with van der Waals surface area (Å²) in [4.78, 5) is 22.1. The first-order chi connectivity index (χ1) is 14.8. The molecular weight excluding hydrogens is 447 g/mol. The number of carbonyl (C=O) groups excluding carboxylic acids is 1. The molecule has 174 valence electrons. The summed E-state index contributed by atoms with van der Waals surface area (Å²) in [5, 5.41) is 8.75. The molecule has 2 unspecified atom stereocenters. The lowest BCUT2D eigenvalue weighted by atomic mass is 9.93. The van der Waals surface area contributed by atoms with Gasteiger partial charge in [-0.1, -0.05) is 36.4 Å². The quantitative estimate of drug-likeness (QED) is 0.420. The Morgan fingerprint density at radius 2 is 1.62 bits per heavy atom. The van der Waals surface area contributed by atoms with Crippen LogP contribution in [-0.2, 0) is 14.5 Å². The number of hydrogen-bond acceptors (Lipinski definition) is 5. The molecule has 0 saturated carbocycles. The van der Waals surface area contributed by atoms with E-state index in [1.807, 2.05) is 0 Å². The molecule has 2 aromatic carbocycles. The molecule has 0 aliphatic carbocycles. The minimum absolute atomic E-state index is 0.0512. The van der Waals surface area contributed by atoms with Crippen molar-refractivity contribution in [3.8, 4) is 11.1 Å². The summed E-state index contributed by atoms with van der Waals surface area (Å²) in [5.74, 6) is -4.81. The van der Waals surface area contributed by atoms with Crippen molar-refractivity contribution in [2.75, 3.05) is 11.5 Å². The van der Waals surface area contributed by atoms with Crippen LogP contribution in [0.2, 0.25) is 0 Å². The standard InChI is InChI=1S/C21H24F3N3O4S/c22-21(23,24)17(8-10-32(27,31)11-9-18(25)20(29)30)14-6-4-13(5-7-14)15-2-1-3-16(12-15)19(26)28/h1-7,12,17-18,27H,8-11,25H2,(H2,26,28)(H,29,30)/t17?,18-,32?/m0/s1. The predicted octanol–water partition coefficient (Wildman–Crippen LogP) is 3.34. The zero-order valence-electron chi connectivity index (χ0n) is 17.0. The van der Waals surface area contributed by atoms with Crippen molar-refractivity contribution in [2.24, 2.45) is 11.5 Å². The van der Waals surface area contributed by atoms with E-state index in [0.29, 0.717) is 11.1 Å². The van der Waals surface area contributed by atoms with Crippen molar-refractivity contribution >= 4 is 21.6 Å². The van der Waals surface area contributed by atoms with Gasteiger partial charge in [-0.3, -0.25) is 14.4 Å². The zero-order valence-corrected chi connectivity index (χ0v) is 17.8. The maximum absolute atomic E-state index is 13.7. The van der Waals surface area contributed by atoms with Crippen LogP contribution in [0.25, 0.3) is 11.1 Å². The van der Waals surface area contributed by atoms with Crippen molar-refractivity contribution in [2.45, 2.75) is 31.0 Å². The average molecular weight is 472 g/mol. The second kappa shape index (κ2) is 10.1. The van der Waals surface area contributed by atoms with E-state index in [9.17, 15) is 27.0 Å².